The number of aromatic nitrogens is 1. The van der Waals surface area contributed by atoms with E-state index in [-0.39, 0.29) is 11.8 Å². The highest BCUT2D eigenvalue weighted by atomic mass is 16.2. The van der Waals surface area contributed by atoms with Crippen molar-refractivity contribution in [2.24, 2.45) is 5.92 Å². The topological polar surface area (TPSA) is 71.1 Å². The lowest BCUT2D eigenvalue weighted by Gasteiger charge is -2.10. The molecule has 23 heavy (non-hydrogen) atoms. The molecule has 2 rings (SSSR count). The number of pyridine rings is 1. The van der Waals surface area contributed by atoms with E-state index in [0.29, 0.717) is 23.6 Å². The minimum atomic E-state index is -0.287. The van der Waals surface area contributed by atoms with E-state index in [9.17, 15) is 9.59 Å². The molecule has 2 amide bonds. The molecule has 5 heteroatoms. The zero-order chi connectivity index (χ0) is 16.8. The zero-order valence-corrected chi connectivity index (χ0v) is 13.6. The van der Waals surface area contributed by atoms with E-state index >= 15 is 0 Å². The van der Waals surface area contributed by atoms with Crippen LogP contribution in [0.1, 0.15) is 40.1 Å². The van der Waals surface area contributed by atoms with Crippen LogP contribution < -0.4 is 10.6 Å². The van der Waals surface area contributed by atoms with Gasteiger partial charge in [0, 0.05) is 24.6 Å². The maximum absolute atomic E-state index is 12.3. The Balaban J connectivity index is 2.11. The molecule has 0 aliphatic rings. The predicted octanol–water partition coefficient (Wildman–Crippen LogP) is 3.03. The van der Waals surface area contributed by atoms with Crippen LogP contribution in [0.4, 0.5) is 5.69 Å². The lowest BCUT2D eigenvalue weighted by Crippen LogP contribution is -2.27. The Hall–Kier alpha value is -2.69. The highest BCUT2D eigenvalue weighted by Gasteiger charge is 2.12. The van der Waals surface area contributed by atoms with Crippen LogP contribution in [0.3, 0.4) is 0 Å². The standard InChI is InChI=1S/C18H21N3O2/c1-12(2)9-20-17(22)14-8-15(11-19-10-14)18(23)21-16-7-5-4-6-13(16)3/h4-8,10-12H,9H2,1-3H3,(H,20,22)(H,21,23). The van der Waals surface area contributed by atoms with Gasteiger partial charge in [0.2, 0.25) is 0 Å². The van der Waals surface area contributed by atoms with Crippen molar-refractivity contribution < 1.29 is 9.59 Å². The first kappa shape index (κ1) is 16.7. The third-order valence-corrected chi connectivity index (χ3v) is 3.33. The van der Waals surface area contributed by atoms with Crippen LogP contribution in [-0.2, 0) is 0 Å². The summed E-state index contributed by atoms with van der Waals surface area (Å²) in [4.78, 5) is 28.4. The van der Waals surface area contributed by atoms with Crippen LogP contribution in [0.2, 0.25) is 0 Å². The van der Waals surface area contributed by atoms with Crippen molar-refractivity contribution in [1.82, 2.24) is 10.3 Å². The fraction of sp³-hybridized carbons (Fsp3) is 0.278. The van der Waals surface area contributed by atoms with Crippen molar-refractivity contribution in [2.45, 2.75) is 20.8 Å². The first-order chi connectivity index (χ1) is 11.0. The van der Waals surface area contributed by atoms with Gasteiger partial charge >= 0.3 is 0 Å². The first-order valence-corrected chi connectivity index (χ1v) is 7.57. The van der Waals surface area contributed by atoms with Crippen LogP contribution in [0.25, 0.3) is 0 Å². The first-order valence-electron chi connectivity index (χ1n) is 7.57. The third-order valence-electron chi connectivity index (χ3n) is 3.33. The molecule has 0 radical (unpaired) electrons. The maximum Gasteiger partial charge on any atom is 0.257 e. The van der Waals surface area contributed by atoms with Crippen LogP contribution >= 0.6 is 0 Å². The van der Waals surface area contributed by atoms with Crippen molar-refractivity contribution in [2.75, 3.05) is 11.9 Å². The molecule has 1 heterocycles. The summed E-state index contributed by atoms with van der Waals surface area (Å²) in [5.74, 6) is -0.151. The van der Waals surface area contributed by atoms with E-state index in [1.54, 1.807) is 6.07 Å². The quantitative estimate of drug-likeness (QED) is 0.891. The summed E-state index contributed by atoms with van der Waals surface area (Å²) >= 11 is 0. The number of anilines is 1. The van der Waals surface area contributed by atoms with E-state index < -0.39 is 0 Å². The summed E-state index contributed by atoms with van der Waals surface area (Å²) in [7, 11) is 0. The Morgan fingerprint density at radius 3 is 2.39 bits per heavy atom. The minimum Gasteiger partial charge on any atom is -0.352 e. The van der Waals surface area contributed by atoms with Crippen molar-refractivity contribution in [1.29, 1.82) is 0 Å². The van der Waals surface area contributed by atoms with E-state index in [2.05, 4.69) is 15.6 Å². The summed E-state index contributed by atoms with van der Waals surface area (Å²) in [6.45, 7) is 6.54. The van der Waals surface area contributed by atoms with Crippen molar-refractivity contribution in [3.8, 4) is 0 Å². The molecule has 0 atom stereocenters. The largest absolute Gasteiger partial charge is 0.352 e. The van der Waals surface area contributed by atoms with Gasteiger partial charge in [-0.3, -0.25) is 14.6 Å². The number of benzene rings is 1. The lowest BCUT2D eigenvalue weighted by molar-refractivity contribution is 0.0948. The molecule has 1 aromatic heterocycles. The van der Waals surface area contributed by atoms with Crippen LogP contribution in [0, 0.1) is 12.8 Å². The minimum absolute atomic E-state index is 0.225. The average Bonchev–Trinajstić information content (AvgIpc) is 2.54. The second kappa shape index (κ2) is 7.54. The number of rotatable bonds is 5. The molecular formula is C18H21N3O2. The Kier molecular flexibility index (Phi) is 5.46. The smallest absolute Gasteiger partial charge is 0.257 e. The number of carbonyl (C=O) groups excluding carboxylic acids is 2. The van der Waals surface area contributed by atoms with Gasteiger partial charge in [0.05, 0.1) is 11.1 Å². The number of nitrogens with zero attached hydrogens (tertiary/aromatic N) is 1. The Morgan fingerprint density at radius 2 is 1.74 bits per heavy atom. The fourth-order valence-corrected chi connectivity index (χ4v) is 1.99. The molecule has 0 fully saturated rings. The van der Waals surface area contributed by atoms with Gasteiger partial charge < -0.3 is 10.6 Å². The van der Waals surface area contributed by atoms with Gasteiger partial charge in [-0.15, -0.1) is 0 Å². The number of hydrogen-bond acceptors (Lipinski definition) is 3. The monoisotopic (exact) mass is 311 g/mol. The van der Waals surface area contributed by atoms with Gasteiger partial charge in [0.15, 0.2) is 0 Å². The predicted molar refractivity (Wildman–Crippen MR) is 90.5 cm³/mol. The average molecular weight is 311 g/mol. The SMILES string of the molecule is Cc1ccccc1NC(=O)c1cncc(C(=O)NCC(C)C)c1. The van der Waals surface area contributed by atoms with Crippen molar-refractivity contribution >= 4 is 17.5 Å². The molecule has 0 aliphatic heterocycles. The summed E-state index contributed by atoms with van der Waals surface area (Å²) in [5.41, 5.74) is 2.44. The second-order valence-corrected chi connectivity index (χ2v) is 5.84. The summed E-state index contributed by atoms with van der Waals surface area (Å²) in [6.07, 6.45) is 2.91. The highest BCUT2D eigenvalue weighted by Crippen LogP contribution is 2.15. The number of carbonyl (C=O) groups is 2. The molecule has 0 saturated heterocycles. The zero-order valence-electron chi connectivity index (χ0n) is 13.6. The summed E-state index contributed by atoms with van der Waals surface area (Å²) in [5, 5.41) is 5.64. The van der Waals surface area contributed by atoms with Gasteiger partial charge in [-0.2, -0.15) is 0 Å². The molecule has 0 bridgehead atoms. The number of amides is 2. The third kappa shape index (κ3) is 4.64. The Labute approximate surface area is 136 Å². The van der Waals surface area contributed by atoms with Crippen LogP contribution in [0.5, 0.6) is 0 Å². The number of nitrogens with one attached hydrogen (secondary N) is 2. The summed E-state index contributed by atoms with van der Waals surface area (Å²) < 4.78 is 0. The number of hydrogen-bond donors (Lipinski definition) is 2. The molecule has 0 aliphatic carbocycles. The van der Waals surface area contributed by atoms with Gasteiger partial charge in [0.1, 0.15) is 0 Å². The Bertz CT molecular complexity index is 711. The lowest BCUT2D eigenvalue weighted by atomic mass is 10.1. The molecule has 1 aromatic carbocycles. The molecule has 0 spiro atoms. The number of aryl methyl sites for hydroxylation is 1. The van der Waals surface area contributed by atoms with Crippen molar-refractivity contribution in [3.63, 3.8) is 0 Å². The van der Waals surface area contributed by atoms with Crippen molar-refractivity contribution in [3.05, 3.63) is 59.4 Å². The molecule has 2 aromatic rings. The second-order valence-electron chi connectivity index (χ2n) is 5.84. The van der Waals surface area contributed by atoms with Gasteiger partial charge in [-0.1, -0.05) is 32.0 Å². The summed E-state index contributed by atoms with van der Waals surface area (Å²) in [6, 6.07) is 9.07. The van der Waals surface area contributed by atoms with E-state index in [4.69, 9.17) is 0 Å². The Morgan fingerprint density at radius 1 is 1.09 bits per heavy atom. The number of para-hydroxylation sites is 1. The van der Waals surface area contributed by atoms with E-state index in [0.717, 1.165) is 11.3 Å². The maximum atomic E-state index is 12.3. The van der Waals surface area contributed by atoms with Crippen LogP contribution in [0.15, 0.2) is 42.7 Å². The molecule has 2 N–H and O–H groups in total. The van der Waals surface area contributed by atoms with Gasteiger partial charge in [0.25, 0.3) is 11.8 Å². The van der Waals surface area contributed by atoms with Gasteiger partial charge in [-0.25, -0.2) is 0 Å². The van der Waals surface area contributed by atoms with Gasteiger partial charge in [-0.05, 0) is 30.5 Å². The molecule has 120 valence electrons. The normalized spacial score (nSPS) is 10.4. The molecule has 5 nitrogen and oxygen atoms in total. The molecule has 0 saturated carbocycles. The highest BCUT2D eigenvalue weighted by molar-refractivity contribution is 6.06. The van der Waals surface area contributed by atoms with Crippen LogP contribution in [-0.4, -0.2) is 23.3 Å². The fourth-order valence-electron chi connectivity index (χ4n) is 1.99. The molecular weight excluding hydrogens is 290 g/mol. The van der Waals surface area contributed by atoms with E-state index in [1.165, 1.54) is 12.4 Å². The van der Waals surface area contributed by atoms with E-state index in [1.807, 2.05) is 45.0 Å². The molecule has 0 unspecified atom stereocenters.